The maximum Gasteiger partial charge on any atom is 0.257 e. The molecule has 2 aromatic carbocycles. The second-order valence-electron chi connectivity index (χ2n) is 7.87. The second kappa shape index (κ2) is 8.64. The third-order valence-electron chi connectivity index (χ3n) is 5.65. The summed E-state index contributed by atoms with van der Waals surface area (Å²) in [6.07, 6.45) is 4.50. The highest BCUT2D eigenvalue weighted by atomic mass is 32.2. The van der Waals surface area contributed by atoms with Gasteiger partial charge in [0.15, 0.2) is 5.82 Å². The molecule has 0 aliphatic carbocycles. The van der Waals surface area contributed by atoms with E-state index in [-0.39, 0.29) is 16.8 Å². The van der Waals surface area contributed by atoms with Gasteiger partial charge < -0.3 is 5.32 Å². The first-order valence-electron chi connectivity index (χ1n) is 10.4. The first-order valence-corrected chi connectivity index (χ1v) is 11.9. The third-order valence-corrected chi connectivity index (χ3v) is 7.66. The first kappa shape index (κ1) is 21.3. The number of rotatable bonds is 5. The van der Waals surface area contributed by atoms with Crippen molar-refractivity contribution in [3.05, 3.63) is 71.9 Å². The van der Waals surface area contributed by atoms with Crippen molar-refractivity contribution in [1.29, 1.82) is 0 Å². The summed E-state index contributed by atoms with van der Waals surface area (Å²) in [5.74, 6) is 0.00530. The molecule has 31 heavy (non-hydrogen) atoms. The number of carbonyl (C=O) groups is 1. The summed E-state index contributed by atoms with van der Waals surface area (Å²) in [6.45, 7) is 4.23. The van der Waals surface area contributed by atoms with E-state index in [2.05, 4.69) is 10.4 Å². The topological polar surface area (TPSA) is 84.3 Å². The number of aromatic nitrogens is 2. The van der Waals surface area contributed by atoms with Gasteiger partial charge in [0.05, 0.1) is 10.6 Å². The van der Waals surface area contributed by atoms with Crippen LogP contribution < -0.4 is 5.32 Å². The molecule has 4 rings (SSSR count). The highest BCUT2D eigenvalue weighted by Gasteiger charge is 2.31. The average Bonchev–Trinajstić information content (AvgIpc) is 3.23. The lowest BCUT2D eigenvalue weighted by Gasteiger charge is -2.32. The van der Waals surface area contributed by atoms with E-state index >= 15 is 0 Å². The fraction of sp³-hybridized carbons (Fsp3) is 0.304. The molecule has 162 valence electrons. The Morgan fingerprint density at radius 2 is 1.87 bits per heavy atom. The SMILES string of the molecule is Cc1ccc(S(=O)(=O)N2CCCCC2C)cc1C(=O)Nc1ccn(-c2ccccc2)n1. The van der Waals surface area contributed by atoms with E-state index in [9.17, 15) is 13.2 Å². The zero-order valence-electron chi connectivity index (χ0n) is 17.7. The van der Waals surface area contributed by atoms with Gasteiger partial charge in [-0.1, -0.05) is 30.7 Å². The van der Waals surface area contributed by atoms with Gasteiger partial charge in [-0.15, -0.1) is 0 Å². The minimum atomic E-state index is -3.66. The Morgan fingerprint density at radius 3 is 2.61 bits per heavy atom. The minimum absolute atomic E-state index is 0.0423. The van der Waals surface area contributed by atoms with Crippen molar-refractivity contribution >= 4 is 21.7 Å². The number of benzene rings is 2. The number of hydrogen-bond donors (Lipinski definition) is 1. The normalized spacial score (nSPS) is 17.4. The second-order valence-corrected chi connectivity index (χ2v) is 9.76. The van der Waals surface area contributed by atoms with Crippen LogP contribution >= 0.6 is 0 Å². The van der Waals surface area contributed by atoms with Crippen LogP contribution in [-0.4, -0.2) is 41.0 Å². The number of anilines is 1. The van der Waals surface area contributed by atoms with Gasteiger partial charge in [0.1, 0.15) is 0 Å². The molecule has 1 aliphatic rings. The molecule has 8 heteroatoms. The molecule has 1 atom stereocenters. The number of sulfonamides is 1. The average molecular weight is 439 g/mol. The van der Waals surface area contributed by atoms with Crippen LogP contribution in [0.1, 0.15) is 42.1 Å². The van der Waals surface area contributed by atoms with Crippen LogP contribution in [0.5, 0.6) is 0 Å². The zero-order valence-corrected chi connectivity index (χ0v) is 18.5. The van der Waals surface area contributed by atoms with Crippen LogP contribution in [0.2, 0.25) is 0 Å². The highest BCUT2D eigenvalue weighted by molar-refractivity contribution is 7.89. The third kappa shape index (κ3) is 4.40. The number of aryl methyl sites for hydroxylation is 1. The summed E-state index contributed by atoms with van der Waals surface area (Å²) >= 11 is 0. The molecular formula is C23H26N4O3S. The summed E-state index contributed by atoms with van der Waals surface area (Å²) < 4.78 is 29.6. The van der Waals surface area contributed by atoms with E-state index in [4.69, 9.17) is 0 Å². The largest absolute Gasteiger partial charge is 0.305 e. The molecule has 1 fully saturated rings. The van der Waals surface area contributed by atoms with Gasteiger partial charge in [0.2, 0.25) is 10.0 Å². The molecule has 1 saturated heterocycles. The van der Waals surface area contributed by atoms with Crippen LogP contribution in [0.4, 0.5) is 5.82 Å². The summed E-state index contributed by atoms with van der Waals surface area (Å²) in [4.78, 5) is 13.1. The number of nitrogens with one attached hydrogen (secondary N) is 1. The maximum atomic E-state index is 13.2. The Labute approximate surface area is 182 Å². The maximum absolute atomic E-state index is 13.2. The Bertz CT molecular complexity index is 1190. The van der Waals surface area contributed by atoms with Crippen molar-refractivity contribution in [2.24, 2.45) is 0 Å². The van der Waals surface area contributed by atoms with Crippen LogP contribution in [0.25, 0.3) is 5.69 Å². The molecular weight excluding hydrogens is 412 g/mol. The van der Waals surface area contributed by atoms with Crippen molar-refractivity contribution < 1.29 is 13.2 Å². The van der Waals surface area contributed by atoms with E-state index in [0.717, 1.165) is 24.9 Å². The molecule has 0 spiro atoms. The summed E-state index contributed by atoms with van der Waals surface area (Å²) in [7, 11) is -3.66. The standard InChI is InChI=1S/C23H26N4O3S/c1-17-11-12-20(31(29,30)27-14-7-6-8-18(27)2)16-21(17)23(28)24-22-13-15-26(25-22)19-9-4-3-5-10-19/h3-5,9-13,15-16,18H,6-8,14H2,1-2H3,(H,24,25,28). The number of carbonyl (C=O) groups excluding carboxylic acids is 1. The van der Waals surface area contributed by atoms with E-state index in [1.807, 2.05) is 37.3 Å². The lowest BCUT2D eigenvalue weighted by molar-refractivity contribution is 0.102. The first-order chi connectivity index (χ1) is 14.9. The van der Waals surface area contributed by atoms with Gasteiger partial charge >= 0.3 is 0 Å². The lowest BCUT2D eigenvalue weighted by atomic mass is 10.1. The summed E-state index contributed by atoms with van der Waals surface area (Å²) in [6, 6.07) is 16.0. The smallest absolute Gasteiger partial charge is 0.257 e. The molecule has 0 saturated carbocycles. The molecule has 1 amide bonds. The number of hydrogen-bond acceptors (Lipinski definition) is 4. The van der Waals surface area contributed by atoms with Gasteiger partial charge in [0.25, 0.3) is 5.91 Å². The highest BCUT2D eigenvalue weighted by Crippen LogP contribution is 2.26. The minimum Gasteiger partial charge on any atom is -0.305 e. The predicted molar refractivity (Wildman–Crippen MR) is 120 cm³/mol. The van der Waals surface area contributed by atoms with Crippen molar-refractivity contribution in [3.63, 3.8) is 0 Å². The number of nitrogens with zero attached hydrogens (tertiary/aromatic N) is 3. The molecule has 1 unspecified atom stereocenters. The molecule has 7 nitrogen and oxygen atoms in total. The van der Waals surface area contributed by atoms with E-state index in [1.54, 1.807) is 40.3 Å². The van der Waals surface area contributed by atoms with Crippen LogP contribution in [0.3, 0.4) is 0 Å². The van der Waals surface area contributed by atoms with Crippen LogP contribution in [0.15, 0.2) is 65.7 Å². The van der Waals surface area contributed by atoms with Gasteiger partial charge in [-0.3, -0.25) is 4.79 Å². The Kier molecular flexibility index (Phi) is 5.93. The van der Waals surface area contributed by atoms with Gasteiger partial charge in [-0.05, 0) is 56.5 Å². The van der Waals surface area contributed by atoms with Crippen LogP contribution in [0, 0.1) is 6.92 Å². The monoisotopic (exact) mass is 438 g/mol. The summed E-state index contributed by atoms with van der Waals surface area (Å²) in [5, 5.41) is 7.17. The number of piperidine rings is 1. The van der Waals surface area contributed by atoms with Crippen LogP contribution in [-0.2, 0) is 10.0 Å². The van der Waals surface area contributed by atoms with Gasteiger partial charge in [-0.2, -0.15) is 9.40 Å². The zero-order chi connectivity index (χ0) is 22.0. The molecule has 0 bridgehead atoms. The van der Waals surface area contributed by atoms with Crippen molar-refractivity contribution in [2.75, 3.05) is 11.9 Å². The van der Waals surface area contributed by atoms with Crippen molar-refractivity contribution in [1.82, 2.24) is 14.1 Å². The molecule has 3 aromatic rings. The molecule has 0 radical (unpaired) electrons. The van der Waals surface area contributed by atoms with E-state index in [1.165, 1.54) is 6.07 Å². The van der Waals surface area contributed by atoms with Gasteiger partial charge in [-0.25, -0.2) is 13.1 Å². The predicted octanol–water partition coefficient (Wildman–Crippen LogP) is 4.00. The summed E-state index contributed by atoms with van der Waals surface area (Å²) in [5.41, 5.74) is 1.90. The molecule has 1 N–H and O–H groups in total. The number of para-hydroxylation sites is 1. The Morgan fingerprint density at radius 1 is 1.10 bits per heavy atom. The quantitative estimate of drug-likeness (QED) is 0.653. The lowest BCUT2D eigenvalue weighted by Crippen LogP contribution is -2.42. The van der Waals surface area contributed by atoms with Gasteiger partial charge in [0, 0.05) is 30.4 Å². The molecule has 1 aromatic heterocycles. The fourth-order valence-corrected chi connectivity index (χ4v) is 5.60. The Hall–Kier alpha value is -2.97. The van der Waals surface area contributed by atoms with Crippen molar-refractivity contribution in [2.45, 2.75) is 44.0 Å². The van der Waals surface area contributed by atoms with E-state index in [0.29, 0.717) is 23.5 Å². The number of amides is 1. The molecule has 1 aliphatic heterocycles. The molecule has 2 heterocycles. The van der Waals surface area contributed by atoms with E-state index < -0.39 is 10.0 Å². The van der Waals surface area contributed by atoms with Crippen molar-refractivity contribution in [3.8, 4) is 5.69 Å². The Balaban J connectivity index is 1.57. The fourth-order valence-electron chi connectivity index (χ4n) is 3.87.